The van der Waals surface area contributed by atoms with Crippen LogP contribution in [0, 0.1) is 6.07 Å². The normalized spacial score (nSPS) is 11.1. The molecule has 0 amide bonds. The first-order valence-electron chi connectivity index (χ1n) is 6.52. The Balaban J connectivity index is 1.98. The smallest absolute Gasteiger partial charge is 0.110 e. The van der Waals surface area contributed by atoms with E-state index in [1.165, 1.54) is 11.1 Å². The molecule has 0 spiro atoms. The number of hydrogen-bond acceptors (Lipinski definition) is 0. The molecule has 0 aliphatic heterocycles. The maximum absolute atomic E-state index is 6.30. The Bertz CT molecular complexity index is 695. The van der Waals surface area contributed by atoms with Crippen LogP contribution in [0.5, 0.6) is 0 Å². The quantitative estimate of drug-likeness (QED) is 0.704. The SMILES string of the molecule is CCc1ccc(Cc2c(Cl)[nH]c3ccc[c]c23)cc1. The molecular weight excluding hydrogens is 254 g/mol. The Morgan fingerprint density at radius 3 is 2.58 bits per heavy atom. The molecule has 1 nitrogen and oxygen atoms in total. The molecule has 1 heterocycles. The van der Waals surface area contributed by atoms with Gasteiger partial charge in [0, 0.05) is 22.9 Å². The highest BCUT2D eigenvalue weighted by atomic mass is 35.5. The van der Waals surface area contributed by atoms with Crippen molar-refractivity contribution < 1.29 is 0 Å². The molecule has 0 atom stereocenters. The monoisotopic (exact) mass is 268 g/mol. The predicted octanol–water partition coefficient (Wildman–Crippen LogP) is 4.77. The van der Waals surface area contributed by atoms with Gasteiger partial charge in [0.05, 0.1) is 0 Å². The van der Waals surface area contributed by atoms with Gasteiger partial charge >= 0.3 is 0 Å². The number of nitrogens with one attached hydrogen (secondary N) is 1. The molecule has 1 aromatic heterocycles. The second-order valence-electron chi connectivity index (χ2n) is 4.72. The summed E-state index contributed by atoms with van der Waals surface area (Å²) in [5.41, 5.74) is 4.81. The minimum atomic E-state index is 0.719. The first kappa shape index (κ1) is 12.3. The summed E-state index contributed by atoms with van der Waals surface area (Å²) in [5, 5.41) is 1.81. The minimum absolute atomic E-state index is 0.719. The number of aromatic amines is 1. The van der Waals surface area contributed by atoms with Crippen molar-refractivity contribution in [3.63, 3.8) is 0 Å². The molecule has 2 aromatic carbocycles. The number of rotatable bonds is 3. The van der Waals surface area contributed by atoms with Gasteiger partial charge < -0.3 is 4.98 Å². The molecule has 3 aromatic rings. The van der Waals surface area contributed by atoms with Gasteiger partial charge in [0.15, 0.2) is 0 Å². The van der Waals surface area contributed by atoms with Crippen LogP contribution in [0.15, 0.2) is 42.5 Å². The summed E-state index contributed by atoms with van der Waals surface area (Å²) < 4.78 is 0. The lowest BCUT2D eigenvalue weighted by Gasteiger charge is -2.03. The van der Waals surface area contributed by atoms with Gasteiger partial charge in [-0.3, -0.25) is 0 Å². The van der Waals surface area contributed by atoms with E-state index in [1.54, 1.807) is 0 Å². The second-order valence-corrected chi connectivity index (χ2v) is 5.10. The molecule has 0 unspecified atom stereocenters. The van der Waals surface area contributed by atoms with Crippen LogP contribution in [0.2, 0.25) is 5.15 Å². The highest BCUT2D eigenvalue weighted by molar-refractivity contribution is 6.31. The van der Waals surface area contributed by atoms with Gasteiger partial charge in [0.25, 0.3) is 0 Å². The maximum Gasteiger partial charge on any atom is 0.110 e. The van der Waals surface area contributed by atoms with Gasteiger partial charge in [-0.15, -0.1) is 0 Å². The van der Waals surface area contributed by atoms with Crippen LogP contribution < -0.4 is 0 Å². The van der Waals surface area contributed by atoms with E-state index in [9.17, 15) is 0 Å². The highest BCUT2D eigenvalue weighted by Crippen LogP contribution is 2.27. The van der Waals surface area contributed by atoms with E-state index in [4.69, 9.17) is 11.6 Å². The van der Waals surface area contributed by atoms with Crippen molar-refractivity contribution in [2.45, 2.75) is 19.8 Å². The summed E-state index contributed by atoms with van der Waals surface area (Å²) >= 11 is 6.30. The first-order valence-corrected chi connectivity index (χ1v) is 6.90. The van der Waals surface area contributed by atoms with Crippen molar-refractivity contribution in [2.75, 3.05) is 0 Å². The van der Waals surface area contributed by atoms with Gasteiger partial charge in [0.2, 0.25) is 0 Å². The lowest BCUT2D eigenvalue weighted by molar-refractivity contribution is 1.12. The molecule has 19 heavy (non-hydrogen) atoms. The van der Waals surface area contributed by atoms with E-state index in [1.807, 2.05) is 18.2 Å². The number of H-pyrrole nitrogens is 1. The number of benzene rings is 2. The molecule has 0 saturated carbocycles. The van der Waals surface area contributed by atoms with Crippen LogP contribution in [0.3, 0.4) is 0 Å². The Morgan fingerprint density at radius 2 is 1.84 bits per heavy atom. The van der Waals surface area contributed by atoms with Crippen LogP contribution >= 0.6 is 11.6 Å². The molecule has 1 N–H and O–H groups in total. The highest BCUT2D eigenvalue weighted by Gasteiger charge is 2.10. The first-order chi connectivity index (χ1) is 9.28. The number of halogens is 1. The minimum Gasteiger partial charge on any atom is -0.345 e. The molecule has 0 bridgehead atoms. The number of hydrogen-bond donors (Lipinski definition) is 1. The van der Waals surface area contributed by atoms with Crippen LogP contribution in [-0.4, -0.2) is 4.98 Å². The molecule has 0 fully saturated rings. The summed E-state index contributed by atoms with van der Waals surface area (Å²) in [5.74, 6) is 0. The lowest BCUT2D eigenvalue weighted by Crippen LogP contribution is -1.89. The maximum atomic E-state index is 6.30. The number of aromatic nitrogens is 1. The Labute approximate surface area is 118 Å². The van der Waals surface area contributed by atoms with Gasteiger partial charge in [-0.25, -0.2) is 0 Å². The van der Waals surface area contributed by atoms with E-state index < -0.39 is 0 Å². The third-order valence-electron chi connectivity index (χ3n) is 3.48. The van der Waals surface area contributed by atoms with E-state index >= 15 is 0 Å². The lowest BCUT2D eigenvalue weighted by atomic mass is 10.0. The number of aryl methyl sites for hydroxylation is 1. The van der Waals surface area contributed by atoms with Crippen LogP contribution in [0.4, 0.5) is 0 Å². The van der Waals surface area contributed by atoms with Gasteiger partial charge in [-0.2, -0.15) is 0 Å². The molecule has 95 valence electrons. The molecule has 1 radical (unpaired) electrons. The van der Waals surface area contributed by atoms with Crippen LogP contribution in [0.1, 0.15) is 23.6 Å². The zero-order chi connectivity index (χ0) is 13.2. The average molecular weight is 269 g/mol. The third kappa shape index (κ3) is 2.39. The van der Waals surface area contributed by atoms with Crippen molar-refractivity contribution in [2.24, 2.45) is 0 Å². The fraction of sp³-hybridized carbons (Fsp3) is 0.176. The van der Waals surface area contributed by atoms with Gasteiger partial charge in [-0.05, 0) is 29.7 Å². The molecule has 2 heteroatoms. The van der Waals surface area contributed by atoms with Crippen LogP contribution in [0.25, 0.3) is 10.9 Å². The molecule has 0 aliphatic rings. The molecular formula is C17H15ClN. The van der Waals surface area contributed by atoms with Crippen molar-refractivity contribution >= 4 is 22.5 Å². The summed E-state index contributed by atoms with van der Waals surface area (Å²) in [7, 11) is 0. The Hall–Kier alpha value is -1.73. The summed E-state index contributed by atoms with van der Waals surface area (Å²) in [4.78, 5) is 3.20. The summed E-state index contributed by atoms with van der Waals surface area (Å²) in [6, 6.07) is 17.9. The van der Waals surface area contributed by atoms with E-state index in [0.29, 0.717) is 0 Å². The van der Waals surface area contributed by atoms with E-state index in [0.717, 1.165) is 34.5 Å². The molecule has 0 aliphatic carbocycles. The standard InChI is InChI=1S/C17H15ClN/c1-2-12-7-9-13(10-8-12)11-15-14-5-3-4-6-16(14)19-17(15)18/h3-4,6-10,19H,2,11H2,1H3. The van der Waals surface area contributed by atoms with Crippen molar-refractivity contribution in [3.05, 3.63) is 70.4 Å². The van der Waals surface area contributed by atoms with Gasteiger partial charge in [0.1, 0.15) is 5.15 Å². The fourth-order valence-electron chi connectivity index (χ4n) is 2.36. The van der Waals surface area contributed by atoms with E-state index in [-0.39, 0.29) is 0 Å². The van der Waals surface area contributed by atoms with Crippen molar-refractivity contribution in [1.82, 2.24) is 4.98 Å². The van der Waals surface area contributed by atoms with E-state index in [2.05, 4.69) is 42.2 Å². The zero-order valence-electron chi connectivity index (χ0n) is 10.8. The second kappa shape index (κ2) is 5.10. The molecule has 0 saturated heterocycles. The number of fused-ring (bicyclic) bond motifs is 1. The molecule has 3 rings (SSSR count). The largest absolute Gasteiger partial charge is 0.345 e. The van der Waals surface area contributed by atoms with Crippen LogP contribution in [-0.2, 0) is 12.8 Å². The van der Waals surface area contributed by atoms with Crippen molar-refractivity contribution in [3.8, 4) is 0 Å². The third-order valence-corrected chi connectivity index (χ3v) is 3.80. The topological polar surface area (TPSA) is 15.8 Å². The van der Waals surface area contributed by atoms with Crippen molar-refractivity contribution in [1.29, 1.82) is 0 Å². The average Bonchev–Trinajstić information content (AvgIpc) is 2.76. The summed E-state index contributed by atoms with van der Waals surface area (Å²) in [6.07, 6.45) is 1.91. The zero-order valence-corrected chi connectivity index (χ0v) is 11.6. The summed E-state index contributed by atoms with van der Waals surface area (Å²) in [6.45, 7) is 2.17. The predicted molar refractivity (Wildman–Crippen MR) is 80.8 cm³/mol. The Morgan fingerprint density at radius 1 is 1.11 bits per heavy atom. The fourth-order valence-corrected chi connectivity index (χ4v) is 2.62. The van der Waals surface area contributed by atoms with Gasteiger partial charge in [-0.1, -0.05) is 54.9 Å². The Kier molecular flexibility index (Phi) is 3.31.